The Morgan fingerprint density at radius 1 is 1.30 bits per heavy atom. The fraction of sp³-hybridized carbons (Fsp3) is 1.00. The van der Waals surface area contributed by atoms with Crippen LogP contribution in [0.5, 0.6) is 0 Å². The summed E-state index contributed by atoms with van der Waals surface area (Å²) in [6.07, 6.45) is 4.04. The first-order valence-corrected chi connectivity index (χ1v) is 4.33. The third-order valence-corrected chi connectivity index (χ3v) is 2.48. The van der Waals surface area contributed by atoms with Crippen LogP contribution >= 0.6 is 0 Å². The Morgan fingerprint density at radius 2 is 1.90 bits per heavy atom. The van der Waals surface area contributed by atoms with Crippen LogP contribution in [0, 0.1) is 11.3 Å². The number of hydrogen-bond donors (Lipinski definition) is 1. The fourth-order valence-electron chi connectivity index (χ4n) is 2.54. The van der Waals surface area contributed by atoms with Crippen molar-refractivity contribution in [2.75, 3.05) is 0 Å². The summed E-state index contributed by atoms with van der Waals surface area (Å²) in [6, 6.07) is 0.707. The lowest BCUT2D eigenvalue weighted by atomic mass is 9.71. The van der Waals surface area contributed by atoms with Crippen LogP contribution < -0.4 is 5.73 Å². The molecule has 1 aliphatic rings. The quantitative estimate of drug-likeness (QED) is 0.530. The molecule has 0 aromatic rings. The summed E-state index contributed by atoms with van der Waals surface area (Å²) in [4.78, 5) is 0. The first-order chi connectivity index (χ1) is 4.49. The van der Waals surface area contributed by atoms with Crippen LogP contribution in [0.3, 0.4) is 0 Å². The van der Waals surface area contributed by atoms with Gasteiger partial charge in [-0.1, -0.05) is 20.8 Å². The second-order valence-electron chi connectivity index (χ2n) is 4.78. The molecule has 0 spiro atoms. The molecule has 0 aromatic carbocycles. The van der Waals surface area contributed by atoms with Crippen LogP contribution in [0.2, 0.25) is 0 Å². The van der Waals surface area contributed by atoms with Gasteiger partial charge in [0.25, 0.3) is 0 Å². The highest BCUT2D eigenvalue weighted by atomic mass is 14.7. The lowest BCUT2D eigenvalue weighted by molar-refractivity contribution is -0.433. The predicted molar refractivity (Wildman–Crippen MR) is 43.5 cm³/mol. The fourth-order valence-corrected chi connectivity index (χ4v) is 2.54. The summed E-state index contributed by atoms with van der Waals surface area (Å²) in [6.45, 7) is 7.07. The Balaban J connectivity index is 2.51. The van der Waals surface area contributed by atoms with Gasteiger partial charge >= 0.3 is 0 Å². The van der Waals surface area contributed by atoms with Crippen LogP contribution in [-0.2, 0) is 0 Å². The molecule has 10 heavy (non-hydrogen) atoms. The summed E-state index contributed by atoms with van der Waals surface area (Å²) in [5, 5.41) is 0. The zero-order chi connectivity index (χ0) is 7.78. The third kappa shape index (κ3) is 1.98. The smallest absolute Gasteiger partial charge is 0.0851 e. The van der Waals surface area contributed by atoms with E-state index in [4.69, 9.17) is 0 Å². The molecule has 0 radical (unpaired) electrons. The van der Waals surface area contributed by atoms with E-state index in [9.17, 15) is 0 Å². The summed E-state index contributed by atoms with van der Waals surface area (Å²) in [5.74, 6) is 0.895. The molecule has 0 amide bonds. The van der Waals surface area contributed by atoms with Crippen molar-refractivity contribution in [3.8, 4) is 0 Å². The van der Waals surface area contributed by atoms with Crippen molar-refractivity contribution in [1.29, 1.82) is 0 Å². The lowest BCUT2D eigenvalue weighted by Gasteiger charge is -2.35. The Morgan fingerprint density at radius 3 is 2.30 bits per heavy atom. The Hall–Kier alpha value is -0.0400. The Labute approximate surface area is 64.0 Å². The van der Waals surface area contributed by atoms with E-state index in [1.54, 1.807) is 0 Å². The average Bonchev–Trinajstić information content (AvgIpc) is 1.54. The molecule has 1 rings (SSSR count). The summed E-state index contributed by atoms with van der Waals surface area (Å²) >= 11 is 0. The second-order valence-corrected chi connectivity index (χ2v) is 4.78. The molecule has 0 bridgehead atoms. The van der Waals surface area contributed by atoms with E-state index in [-0.39, 0.29) is 0 Å². The van der Waals surface area contributed by atoms with Crippen LogP contribution in [0.15, 0.2) is 0 Å². The number of quaternary nitrogens is 1. The molecule has 2 atom stereocenters. The van der Waals surface area contributed by atoms with E-state index in [1.165, 1.54) is 19.3 Å². The van der Waals surface area contributed by atoms with Gasteiger partial charge in [-0.25, -0.2) is 0 Å². The summed E-state index contributed by atoms with van der Waals surface area (Å²) in [5.41, 5.74) is 4.70. The van der Waals surface area contributed by atoms with Gasteiger partial charge < -0.3 is 5.73 Å². The molecule has 1 nitrogen and oxygen atoms in total. The monoisotopic (exact) mass is 142 g/mol. The first kappa shape index (κ1) is 8.06. The lowest BCUT2D eigenvalue weighted by Crippen LogP contribution is -2.64. The average molecular weight is 142 g/mol. The molecule has 0 heterocycles. The normalized spacial score (nSPS) is 39.6. The van der Waals surface area contributed by atoms with E-state index in [0.717, 1.165) is 5.92 Å². The minimum atomic E-state index is 0.560. The molecular weight excluding hydrogens is 122 g/mol. The molecule has 1 saturated carbocycles. The molecule has 0 saturated heterocycles. The van der Waals surface area contributed by atoms with Crippen LogP contribution in [0.25, 0.3) is 0 Å². The predicted octanol–water partition coefficient (Wildman–Crippen LogP) is 1.44. The maximum absolute atomic E-state index is 4.14. The topological polar surface area (TPSA) is 27.6 Å². The zero-order valence-electron chi connectivity index (χ0n) is 7.48. The van der Waals surface area contributed by atoms with Crippen LogP contribution in [0.4, 0.5) is 0 Å². The van der Waals surface area contributed by atoms with Gasteiger partial charge in [0.2, 0.25) is 0 Å². The van der Waals surface area contributed by atoms with Crippen molar-refractivity contribution >= 4 is 0 Å². The van der Waals surface area contributed by atoms with Crippen molar-refractivity contribution in [2.45, 2.75) is 46.1 Å². The molecule has 3 N–H and O–H groups in total. The first-order valence-electron chi connectivity index (χ1n) is 4.33. The van der Waals surface area contributed by atoms with Gasteiger partial charge in [0.1, 0.15) is 0 Å². The molecule has 0 aromatic heterocycles. The molecule has 1 heteroatoms. The zero-order valence-corrected chi connectivity index (χ0v) is 7.48. The summed E-state index contributed by atoms with van der Waals surface area (Å²) < 4.78 is 0. The highest BCUT2D eigenvalue weighted by Crippen LogP contribution is 2.36. The van der Waals surface area contributed by atoms with E-state index in [0.29, 0.717) is 11.5 Å². The minimum Gasteiger partial charge on any atom is -0.355 e. The number of hydrogen-bond acceptors (Lipinski definition) is 0. The van der Waals surface area contributed by atoms with E-state index in [2.05, 4.69) is 26.5 Å². The minimum absolute atomic E-state index is 0.560. The van der Waals surface area contributed by atoms with Gasteiger partial charge in [0, 0.05) is 12.8 Å². The summed E-state index contributed by atoms with van der Waals surface area (Å²) in [7, 11) is 0. The van der Waals surface area contributed by atoms with Crippen molar-refractivity contribution in [3.05, 3.63) is 0 Å². The third-order valence-electron chi connectivity index (χ3n) is 2.48. The maximum Gasteiger partial charge on any atom is 0.0851 e. The van der Waals surface area contributed by atoms with Crippen LogP contribution in [0.1, 0.15) is 40.0 Å². The van der Waals surface area contributed by atoms with Crippen molar-refractivity contribution in [1.82, 2.24) is 0 Å². The number of rotatable bonds is 0. The van der Waals surface area contributed by atoms with E-state index < -0.39 is 0 Å². The van der Waals surface area contributed by atoms with E-state index in [1.807, 2.05) is 0 Å². The molecule has 1 aliphatic carbocycles. The van der Waals surface area contributed by atoms with Gasteiger partial charge in [-0.05, 0) is 17.8 Å². The van der Waals surface area contributed by atoms with Crippen molar-refractivity contribution in [3.63, 3.8) is 0 Å². The molecular formula is C9H20N+. The van der Waals surface area contributed by atoms with Crippen molar-refractivity contribution < 1.29 is 5.73 Å². The Bertz CT molecular complexity index is 106. The van der Waals surface area contributed by atoms with Gasteiger partial charge in [0.15, 0.2) is 0 Å². The SMILES string of the molecule is C[C@H]1C[C@H]([NH3+])CC(C)(C)C1. The molecule has 60 valence electrons. The highest BCUT2D eigenvalue weighted by molar-refractivity contribution is 4.81. The van der Waals surface area contributed by atoms with Gasteiger partial charge in [-0.15, -0.1) is 0 Å². The standard InChI is InChI=1S/C9H19N/c1-7-4-8(10)6-9(2,3)5-7/h7-8H,4-6,10H2,1-3H3/p+1/t7-,8-/m0/s1. The van der Waals surface area contributed by atoms with Gasteiger partial charge in [-0.2, -0.15) is 0 Å². The highest BCUT2D eigenvalue weighted by Gasteiger charge is 2.31. The van der Waals surface area contributed by atoms with Crippen molar-refractivity contribution in [2.24, 2.45) is 11.3 Å². The van der Waals surface area contributed by atoms with Crippen LogP contribution in [-0.4, -0.2) is 6.04 Å². The van der Waals surface area contributed by atoms with Gasteiger partial charge in [0.05, 0.1) is 6.04 Å². The Kier molecular flexibility index (Phi) is 2.04. The molecule has 0 aliphatic heterocycles. The second kappa shape index (κ2) is 2.54. The largest absolute Gasteiger partial charge is 0.355 e. The van der Waals surface area contributed by atoms with Gasteiger partial charge in [-0.3, -0.25) is 0 Å². The maximum atomic E-state index is 4.14. The molecule has 0 unspecified atom stereocenters. The van der Waals surface area contributed by atoms with E-state index >= 15 is 0 Å². The molecule has 1 fully saturated rings.